The van der Waals surface area contributed by atoms with Crippen LogP contribution in [0.1, 0.15) is 30.6 Å². The van der Waals surface area contributed by atoms with Crippen LogP contribution >= 0.6 is 38.9 Å². The summed E-state index contributed by atoms with van der Waals surface area (Å²) in [5.41, 5.74) is 1.31. The Hall–Kier alpha value is -2.29. The molecule has 0 spiro atoms. The van der Waals surface area contributed by atoms with Gasteiger partial charge in [-0.15, -0.1) is 10.2 Å². The monoisotopic (exact) mass is 506 g/mol. The first-order valence-electron chi connectivity index (χ1n) is 9.34. The van der Waals surface area contributed by atoms with E-state index in [2.05, 4.69) is 36.8 Å². The number of benzene rings is 2. The Labute approximate surface area is 192 Å². The van der Waals surface area contributed by atoms with Crippen molar-refractivity contribution in [2.75, 3.05) is 5.32 Å². The smallest absolute Gasteiger partial charge is 0.251 e. The van der Waals surface area contributed by atoms with Crippen molar-refractivity contribution in [2.45, 2.75) is 26.3 Å². The molecule has 2 amide bonds. The number of carbonyl (C=O) groups is 2. The average Bonchev–Trinajstić information content (AvgIpc) is 3.20. The quantitative estimate of drug-likeness (QED) is 0.448. The van der Waals surface area contributed by atoms with Crippen molar-refractivity contribution in [1.29, 1.82) is 0 Å². The number of nitrogens with zero attached hydrogens (tertiary/aromatic N) is 2. The summed E-state index contributed by atoms with van der Waals surface area (Å²) < 4.78 is 0.877. The highest BCUT2D eigenvalue weighted by Crippen LogP contribution is 2.28. The van der Waals surface area contributed by atoms with Crippen LogP contribution in [0.3, 0.4) is 0 Å². The van der Waals surface area contributed by atoms with Crippen molar-refractivity contribution in [3.63, 3.8) is 0 Å². The Bertz CT molecular complexity index is 1040. The van der Waals surface area contributed by atoms with Gasteiger partial charge in [0.2, 0.25) is 11.0 Å². The molecule has 156 valence electrons. The van der Waals surface area contributed by atoms with Crippen LogP contribution in [-0.4, -0.2) is 28.1 Å². The number of carbonyl (C=O) groups excluding carboxylic acids is 2. The summed E-state index contributed by atoms with van der Waals surface area (Å²) in [6.07, 6.45) is 0.725. The van der Waals surface area contributed by atoms with E-state index in [4.69, 9.17) is 11.6 Å². The van der Waals surface area contributed by atoms with Crippen molar-refractivity contribution < 1.29 is 9.59 Å². The summed E-state index contributed by atoms with van der Waals surface area (Å²) in [7, 11) is 0. The zero-order valence-electron chi connectivity index (χ0n) is 16.4. The van der Waals surface area contributed by atoms with Gasteiger partial charge in [-0.1, -0.05) is 71.3 Å². The highest BCUT2D eigenvalue weighted by molar-refractivity contribution is 9.10. The first-order valence-corrected chi connectivity index (χ1v) is 11.3. The topological polar surface area (TPSA) is 84.0 Å². The van der Waals surface area contributed by atoms with Crippen LogP contribution in [0.2, 0.25) is 5.02 Å². The maximum absolute atomic E-state index is 12.9. The first-order chi connectivity index (χ1) is 14.4. The number of hydrogen-bond donors (Lipinski definition) is 2. The highest BCUT2D eigenvalue weighted by Gasteiger charge is 2.27. The molecule has 1 heterocycles. The third-order valence-corrected chi connectivity index (χ3v) is 6.27. The number of halogens is 2. The molecule has 0 radical (unpaired) electrons. The summed E-state index contributed by atoms with van der Waals surface area (Å²) in [4.78, 5) is 25.5. The third-order valence-electron chi connectivity index (χ3n) is 4.62. The molecule has 0 aliphatic heterocycles. The second-order valence-electron chi connectivity index (χ2n) is 6.76. The molecule has 0 fully saturated rings. The molecular weight excluding hydrogens is 488 g/mol. The van der Waals surface area contributed by atoms with E-state index in [0.29, 0.717) is 20.7 Å². The lowest BCUT2D eigenvalue weighted by Gasteiger charge is -2.23. The maximum Gasteiger partial charge on any atom is 0.251 e. The number of nitrogens with one attached hydrogen (secondary N) is 2. The fourth-order valence-corrected chi connectivity index (χ4v) is 3.92. The lowest BCUT2D eigenvalue weighted by Crippen LogP contribution is -2.47. The first kappa shape index (κ1) is 22.4. The third kappa shape index (κ3) is 5.65. The van der Waals surface area contributed by atoms with Gasteiger partial charge < -0.3 is 5.32 Å². The van der Waals surface area contributed by atoms with Crippen molar-refractivity contribution in [1.82, 2.24) is 15.5 Å². The number of hydrogen-bond acceptors (Lipinski definition) is 5. The number of anilines is 1. The average molecular weight is 508 g/mol. The molecule has 30 heavy (non-hydrogen) atoms. The Balaban J connectivity index is 1.73. The molecule has 9 heteroatoms. The molecule has 0 aliphatic carbocycles. The summed E-state index contributed by atoms with van der Waals surface area (Å²) >= 11 is 10.6. The van der Waals surface area contributed by atoms with E-state index < -0.39 is 6.04 Å². The van der Waals surface area contributed by atoms with Crippen LogP contribution in [0.15, 0.2) is 53.0 Å². The van der Waals surface area contributed by atoms with Gasteiger partial charge in [-0.2, -0.15) is 0 Å². The summed E-state index contributed by atoms with van der Waals surface area (Å²) in [6, 6.07) is 13.5. The van der Waals surface area contributed by atoms with Gasteiger partial charge in [0.25, 0.3) is 5.91 Å². The largest absolute Gasteiger partial charge is 0.340 e. The van der Waals surface area contributed by atoms with Crippen LogP contribution in [0.25, 0.3) is 10.6 Å². The van der Waals surface area contributed by atoms with E-state index in [0.717, 1.165) is 16.5 Å². The van der Waals surface area contributed by atoms with Crippen LogP contribution in [0.5, 0.6) is 0 Å². The summed E-state index contributed by atoms with van der Waals surface area (Å²) in [6.45, 7) is 3.89. The van der Waals surface area contributed by atoms with Gasteiger partial charge in [0.05, 0.1) is 0 Å². The molecule has 0 bridgehead atoms. The van der Waals surface area contributed by atoms with Gasteiger partial charge in [-0.25, -0.2) is 0 Å². The Morgan fingerprint density at radius 1 is 1.17 bits per heavy atom. The van der Waals surface area contributed by atoms with Gasteiger partial charge in [-0.3, -0.25) is 14.9 Å². The standard InChI is InChI=1S/C21H20BrClN4O2S/c1-3-12(2)17(24-18(28)13-7-9-15(22)10-8-13)19(29)25-21-27-26-20(30-21)14-5-4-6-16(23)11-14/h4-12,17H,3H2,1-2H3,(H,24,28)(H,25,27,29). The minimum atomic E-state index is -0.704. The number of rotatable bonds is 7. The fraction of sp³-hybridized carbons (Fsp3) is 0.238. The van der Waals surface area contributed by atoms with Crippen molar-refractivity contribution in [3.05, 3.63) is 63.6 Å². The normalized spacial score (nSPS) is 12.8. The Morgan fingerprint density at radius 2 is 1.90 bits per heavy atom. The SMILES string of the molecule is CCC(C)C(NC(=O)c1ccc(Br)cc1)C(=O)Nc1nnc(-c2cccc(Cl)c2)s1. The zero-order chi connectivity index (χ0) is 21.7. The predicted molar refractivity (Wildman–Crippen MR) is 124 cm³/mol. The van der Waals surface area contributed by atoms with Crippen molar-refractivity contribution in [3.8, 4) is 10.6 Å². The second kappa shape index (κ2) is 10.1. The lowest BCUT2D eigenvalue weighted by atomic mass is 9.98. The Kier molecular flexibility index (Phi) is 7.58. The molecule has 3 rings (SSSR count). The van der Waals surface area contributed by atoms with E-state index in [1.807, 2.05) is 26.0 Å². The van der Waals surface area contributed by atoms with Gasteiger partial charge in [0, 0.05) is 20.6 Å². The van der Waals surface area contributed by atoms with Crippen LogP contribution in [0.4, 0.5) is 5.13 Å². The van der Waals surface area contributed by atoms with Gasteiger partial charge in [-0.05, 0) is 42.3 Å². The molecule has 2 N–H and O–H groups in total. The molecule has 2 unspecified atom stereocenters. The predicted octanol–water partition coefficient (Wildman–Crippen LogP) is 5.40. The van der Waals surface area contributed by atoms with Crippen LogP contribution in [0, 0.1) is 5.92 Å². The minimum absolute atomic E-state index is 0.0651. The molecule has 3 aromatic rings. The summed E-state index contributed by atoms with van der Waals surface area (Å²) in [5, 5.41) is 15.4. The molecular formula is C21H20BrClN4O2S. The van der Waals surface area contributed by atoms with Gasteiger partial charge in [0.15, 0.2) is 0 Å². The van der Waals surface area contributed by atoms with E-state index in [1.54, 1.807) is 36.4 Å². The zero-order valence-corrected chi connectivity index (χ0v) is 19.5. The summed E-state index contributed by atoms with van der Waals surface area (Å²) in [5.74, 6) is -0.701. The molecule has 0 saturated heterocycles. The molecule has 2 atom stereocenters. The lowest BCUT2D eigenvalue weighted by molar-refractivity contribution is -0.119. The molecule has 2 aromatic carbocycles. The number of amides is 2. The second-order valence-corrected chi connectivity index (χ2v) is 9.09. The fourth-order valence-electron chi connectivity index (χ4n) is 2.72. The maximum atomic E-state index is 12.9. The molecule has 6 nitrogen and oxygen atoms in total. The van der Waals surface area contributed by atoms with Crippen molar-refractivity contribution >= 4 is 55.8 Å². The van der Waals surface area contributed by atoms with E-state index in [-0.39, 0.29) is 17.7 Å². The van der Waals surface area contributed by atoms with Gasteiger partial charge in [0.1, 0.15) is 11.0 Å². The minimum Gasteiger partial charge on any atom is -0.340 e. The molecule has 0 aliphatic rings. The molecule has 0 saturated carbocycles. The van der Waals surface area contributed by atoms with Crippen LogP contribution < -0.4 is 10.6 Å². The van der Waals surface area contributed by atoms with Crippen molar-refractivity contribution in [2.24, 2.45) is 5.92 Å². The Morgan fingerprint density at radius 3 is 2.57 bits per heavy atom. The van der Waals surface area contributed by atoms with E-state index >= 15 is 0 Å². The van der Waals surface area contributed by atoms with Gasteiger partial charge >= 0.3 is 0 Å². The number of aromatic nitrogens is 2. The van der Waals surface area contributed by atoms with E-state index in [9.17, 15) is 9.59 Å². The van der Waals surface area contributed by atoms with Crippen LogP contribution in [-0.2, 0) is 4.79 Å². The van der Waals surface area contributed by atoms with E-state index in [1.165, 1.54) is 11.3 Å². The molecule has 1 aromatic heterocycles. The highest BCUT2D eigenvalue weighted by atomic mass is 79.9.